The van der Waals surface area contributed by atoms with Crippen molar-refractivity contribution < 1.29 is 9.26 Å². The van der Waals surface area contributed by atoms with E-state index in [0.29, 0.717) is 18.1 Å². The molecule has 0 aliphatic heterocycles. The summed E-state index contributed by atoms with van der Waals surface area (Å²) in [5, 5.41) is 3.96. The van der Waals surface area contributed by atoms with Crippen LogP contribution in [0, 0.1) is 0 Å². The van der Waals surface area contributed by atoms with Crippen molar-refractivity contribution in [2.24, 2.45) is 5.73 Å². The Labute approximate surface area is 120 Å². The van der Waals surface area contributed by atoms with Gasteiger partial charge in [0, 0.05) is 17.5 Å². The third kappa shape index (κ3) is 3.54. The van der Waals surface area contributed by atoms with Crippen LogP contribution in [0.25, 0.3) is 11.4 Å². The number of hydrogen-bond acceptors (Lipinski definition) is 5. The van der Waals surface area contributed by atoms with E-state index in [0.717, 1.165) is 15.8 Å². The van der Waals surface area contributed by atoms with Crippen molar-refractivity contribution in [3.8, 4) is 17.1 Å². The van der Waals surface area contributed by atoms with Crippen LogP contribution in [0.3, 0.4) is 0 Å². The van der Waals surface area contributed by atoms with Crippen molar-refractivity contribution in [2.75, 3.05) is 7.11 Å². The predicted octanol–water partition coefficient (Wildman–Crippen LogP) is 2.79. The van der Waals surface area contributed by atoms with Crippen LogP contribution < -0.4 is 10.5 Å². The summed E-state index contributed by atoms with van der Waals surface area (Å²) >= 11 is 3.43. The van der Waals surface area contributed by atoms with Crippen molar-refractivity contribution in [3.05, 3.63) is 28.6 Å². The summed E-state index contributed by atoms with van der Waals surface area (Å²) in [5.41, 5.74) is 6.41. The van der Waals surface area contributed by atoms with Crippen molar-refractivity contribution in [2.45, 2.75) is 25.8 Å². The molecule has 2 aromatic rings. The fourth-order valence-corrected chi connectivity index (χ4v) is 2.18. The predicted molar refractivity (Wildman–Crippen MR) is 76.0 cm³/mol. The molecule has 0 unspecified atom stereocenters. The zero-order valence-corrected chi connectivity index (χ0v) is 12.7. The number of methoxy groups -OCH3 is 1. The Morgan fingerprint density at radius 2 is 2.16 bits per heavy atom. The molecule has 0 atom stereocenters. The quantitative estimate of drug-likeness (QED) is 0.935. The molecule has 0 fully saturated rings. The second-order valence-corrected chi connectivity index (χ2v) is 5.88. The largest absolute Gasteiger partial charge is 0.496 e. The minimum absolute atomic E-state index is 0.371. The van der Waals surface area contributed by atoms with Crippen LogP contribution >= 0.6 is 15.9 Å². The number of hydrogen-bond donors (Lipinski definition) is 1. The molecule has 0 spiro atoms. The number of benzene rings is 1. The van der Waals surface area contributed by atoms with Gasteiger partial charge in [-0.1, -0.05) is 5.16 Å². The van der Waals surface area contributed by atoms with E-state index in [-0.39, 0.29) is 5.54 Å². The minimum Gasteiger partial charge on any atom is -0.496 e. The van der Waals surface area contributed by atoms with Gasteiger partial charge in [0.2, 0.25) is 11.7 Å². The Morgan fingerprint density at radius 3 is 2.74 bits per heavy atom. The van der Waals surface area contributed by atoms with E-state index < -0.39 is 0 Å². The van der Waals surface area contributed by atoms with Crippen molar-refractivity contribution >= 4 is 15.9 Å². The first kappa shape index (κ1) is 14.0. The van der Waals surface area contributed by atoms with Crippen molar-refractivity contribution in [3.63, 3.8) is 0 Å². The van der Waals surface area contributed by atoms with Crippen molar-refractivity contribution in [1.29, 1.82) is 0 Å². The molecule has 0 bridgehead atoms. The maximum Gasteiger partial charge on any atom is 0.228 e. The molecular weight excluding hydrogens is 310 g/mol. The molecule has 0 aliphatic carbocycles. The van der Waals surface area contributed by atoms with Crippen molar-refractivity contribution in [1.82, 2.24) is 10.1 Å². The minimum atomic E-state index is -0.371. The lowest BCUT2D eigenvalue weighted by Crippen LogP contribution is -2.34. The first-order valence-electron chi connectivity index (χ1n) is 5.84. The van der Waals surface area contributed by atoms with E-state index in [4.69, 9.17) is 15.0 Å². The van der Waals surface area contributed by atoms with Gasteiger partial charge in [-0.3, -0.25) is 0 Å². The average Bonchev–Trinajstić information content (AvgIpc) is 2.75. The van der Waals surface area contributed by atoms with Crippen LogP contribution in [0.15, 0.2) is 27.2 Å². The number of nitrogens with two attached hydrogens (primary N) is 1. The SMILES string of the molecule is COc1ccc(-c2noc(CC(C)(C)N)n2)cc1Br. The monoisotopic (exact) mass is 325 g/mol. The van der Waals surface area contributed by atoms with Gasteiger partial charge in [-0.25, -0.2) is 0 Å². The van der Waals surface area contributed by atoms with Gasteiger partial charge in [-0.2, -0.15) is 4.98 Å². The van der Waals surface area contributed by atoms with Gasteiger partial charge < -0.3 is 15.0 Å². The molecule has 2 N–H and O–H groups in total. The van der Waals surface area contributed by atoms with Crippen LogP contribution in [0.1, 0.15) is 19.7 Å². The third-order valence-electron chi connectivity index (χ3n) is 2.48. The summed E-state index contributed by atoms with van der Waals surface area (Å²) in [6.45, 7) is 3.84. The molecule has 0 saturated heterocycles. The smallest absolute Gasteiger partial charge is 0.228 e. The summed E-state index contributed by atoms with van der Waals surface area (Å²) in [6, 6.07) is 5.62. The normalized spacial score (nSPS) is 11.6. The lowest BCUT2D eigenvalue weighted by atomic mass is 10.0. The Hall–Kier alpha value is -1.40. The Bertz CT molecular complexity index is 576. The molecule has 1 aromatic carbocycles. The van der Waals surface area contributed by atoms with Gasteiger partial charge in [0.1, 0.15) is 5.75 Å². The number of nitrogens with zero attached hydrogens (tertiary/aromatic N) is 2. The topological polar surface area (TPSA) is 74.2 Å². The maximum absolute atomic E-state index is 5.93. The van der Waals surface area contributed by atoms with E-state index in [1.165, 1.54) is 0 Å². The molecule has 1 aromatic heterocycles. The number of rotatable bonds is 4. The van der Waals surface area contributed by atoms with Gasteiger partial charge in [0.25, 0.3) is 0 Å². The molecule has 0 radical (unpaired) electrons. The number of halogens is 1. The fourth-order valence-electron chi connectivity index (χ4n) is 1.64. The molecule has 0 saturated carbocycles. The van der Waals surface area contributed by atoms with Gasteiger partial charge in [0.05, 0.1) is 11.6 Å². The van der Waals surface area contributed by atoms with Crippen LogP contribution in [0.2, 0.25) is 0 Å². The highest BCUT2D eigenvalue weighted by atomic mass is 79.9. The molecule has 19 heavy (non-hydrogen) atoms. The van der Waals surface area contributed by atoms with E-state index in [9.17, 15) is 0 Å². The van der Waals surface area contributed by atoms with Crippen LogP contribution in [-0.2, 0) is 6.42 Å². The molecular formula is C13H16BrN3O2. The molecule has 2 rings (SSSR count). The van der Waals surface area contributed by atoms with Crippen LogP contribution in [0.5, 0.6) is 5.75 Å². The van der Waals surface area contributed by atoms with E-state index in [2.05, 4.69) is 26.1 Å². The molecule has 0 aliphatic rings. The Kier molecular flexibility index (Phi) is 3.91. The van der Waals surface area contributed by atoms with E-state index >= 15 is 0 Å². The Balaban J connectivity index is 2.25. The third-order valence-corrected chi connectivity index (χ3v) is 3.10. The van der Waals surface area contributed by atoms with Crippen LogP contribution in [-0.4, -0.2) is 22.8 Å². The zero-order valence-electron chi connectivity index (χ0n) is 11.1. The zero-order chi connectivity index (χ0) is 14.0. The maximum atomic E-state index is 5.93. The average molecular weight is 326 g/mol. The summed E-state index contributed by atoms with van der Waals surface area (Å²) in [7, 11) is 1.62. The second kappa shape index (κ2) is 5.30. The van der Waals surface area contributed by atoms with Crippen LogP contribution in [0.4, 0.5) is 0 Å². The summed E-state index contributed by atoms with van der Waals surface area (Å²) in [6.07, 6.45) is 0.539. The highest BCUT2D eigenvalue weighted by molar-refractivity contribution is 9.10. The second-order valence-electron chi connectivity index (χ2n) is 5.03. The lowest BCUT2D eigenvalue weighted by Gasteiger charge is -2.14. The molecule has 102 valence electrons. The van der Waals surface area contributed by atoms with Gasteiger partial charge >= 0.3 is 0 Å². The van der Waals surface area contributed by atoms with Gasteiger partial charge in [-0.05, 0) is 48.0 Å². The first-order chi connectivity index (χ1) is 8.89. The summed E-state index contributed by atoms with van der Waals surface area (Å²) in [4.78, 5) is 4.34. The molecule has 0 amide bonds. The Morgan fingerprint density at radius 1 is 1.42 bits per heavy atom. The summed E-state index contributed by atoms with van der Waals surface area (Å²) < 4.78 is 11.2. The molecule has 6 heteroatoms. The fraction of sp³-hybridized carbons (Fsp3) is 0.385. The molecule has 5 nitrogen and oxygen atoms in total. The molecule has 1 heterocycles. The highest BCUT2D eigenvalue weighted by Crippen LogP contribution is 2.29. The van der Waals surface area contributed by atoms with Gasteiger partial charge in [-0.15, -0.1) is 0 Å². The first-order valence-corrected chi connectivity index (χ1v) is 6.64. The number of aromatic nitrogens is 2. The van der Waals surface area contributed by atoms with E-state index in [1.54, 1.807) is 7.11 Å². The lowest BCUT2D eigenvalue weighted by molar-refractivity contribution is 0.348. The van der Waals surface area contributed by atoms with Gasteiger partial charge in [0.15, 0.2) is 0 Å². The summed E-state index contributed by atoms with van der Waals surface area (Å²) in [5.74, 6) is 1.84. The highest BCUT2D eigenvalue weighted by Gasteiger charge is 2.18. The standard InChI is InChI=1S/C13H16BrN3O2/c1-13(2,15)7-11-16-12(17-19-11)8-4-5-10(18-3)9(14)6-8/h4-6H,7,15H2,1-3H3. The van der Waals surface area contributed by atoms with E-state index in [1.807, 2.05) is 32.0 Å². The number of ether oxygens (including phenoxy) is 1.